The molecule has 0 saturated carbocycles. The molecule has 8 atom stereocenters. The maximum Gasteiger partial charge on any atom is 0.280 e. The number of aliphatic imine (C=N–C) groups is 1. The number of carbonyl (C=O) groups is 1. The van der Waals surface area contributed by atoms with Gasteiger partial charge in [-0.3, -0.25) is 33.5 Å². The molecule has 85 heavy (non-hydrogen) atoms. The van der Waals surface area contributed by atoms with Gasteiger partial charge < -0.3 is 78.6 Å². The van der Waals surface area contributed by atoms with E-state index in [4.69, 9.17) is 32.4 Å². The van der Waals surface area contributed by atoms with E-state index in [2.05, 4.69) is 85.6 Å². The minimum absolute atomic E-state index is 0. The minimum atomic E-state index is -1.12. The van der Waals surface area contributed by atoms with Crippen LogP contribution in [0.3, 0.4) is 0 Å². The number of likely N-dealkylation sites (tertiary alicyclic amines) is 2. The van der Waals surface area contributed by atoms with E-state index < -0.39 is 65.7 Å². The third-order valence-corrected chi connectivity index (χ3v) is 18.6. The van der Waals surface area contributed by atoms with Gasteiger partial charge in [0.1, 0.15) is 47.5 Å². The van der Waals surface area contributed by atoms with E-state index in [0.29, 0.717) is 75.3 Å². The normalized spacial score (nSPS) is 24.8. The molecule has 17 N–H and O–H groups in total. The fourth-order valence-corrected chi connectivity index (χ4v) is 13.6. The van der Waals surface area contributed by atoms with Gasteiger partial charge in [0.2, 0.25) is 11.9 Å². The Labute approximate surface area is 498 Å². The minimum Gasteiger partial charge on any atom is -0.397 e. The van der Waals surface area contributed by atoms with Crippen molar-refractivity contribution in [3.63, 3.8) is 0 Å². The molecule has 0 spiro atoms. The lowest BCUT2D eigenvalue weighted by atomic mass is 9.95. The molecule has 12 heterocycles. The molecule has 4 saturated heterocycles. The predicted molar refractivity (Wildman–Crippen MR) is 327 cm³/mol. The number of anilines is 5. The molecule has 1 amide bonds. The smallest absolute Gasteiger partial charge is 0.280 e. The molecule has 0 radical (unpaired) electrons. The van der Waals surface area contributed by atoms with Crippen molar-refractivity contribution in [1.29, 1.82) is 0 Å². The van der Waals surface area contributed by atoms with Gasteiger partial charge in [-0.05, 0) is 71.8 Å². The Balaban J connectivity index is 0.000000243. The monoisotopic (exact) mass is 1220 g/mol. The van der Waals surface area contributed by atoms with E-state index in [1.807, 2.05) is 0 Å². The maximum atomic E-state index is 13.0. The van der Waals surface area contributed by atoms with Crippen molar-refractivity contribution in [1.82, 2.24) is 84.4 Å². The first kappa shape index (κ1) is 59.5. The number of carbonyl (C=O) groups excluding carboxylic acids is 1. The number of hydrogen-bond donors (Lipinski definition) is 13. The molecule has 7 aromatic heterocycles. The van der Waals surface area contributed by atoms with Gasteiger partial charge in [0, 0.05) is 66.6 Å². The Morgan fingerprint density at radius 3 is 1.96 bits per heavy atom. The summed E-state index contributed by atoms with van der Waals surface area (Å²) < 4.78 is 15.4. The van der Waals surface area contributed by atoms with Gasteiger partial charge >= 0.3 is 0 Å². The van der Waals surface area contributed by atoms with Crippen LogP contribution in [0.25, 0.3) is 33.5 Å². The molecule has 4 fully saturated rings. The van der Waals surface area contributed by atoms with Crippen molar-refractivity contribution in [2.75, 3.05) is 92.1 Å². The van der Waals surface area contributed by atoms with Gasteiger partial charge in [-0.15, -0.1) is 0 Å². The number of hydrogen-bond acceptors (Lipinski definition) is 29. The first-order chi connectivity index (χ1) is 40.9. The molecule has 5 aliphatic rings. The second kappa shape index (κ2) is 25.4. The molecule has 34 heteroatoms. The topological polar surface area (TPSA) is 467 Å². The molecular weight excluding hydrogens is 1140 g/mol. The van der Waals surface area contributed by atoms with Crippen molar-refractivity contribution in [3.8, 4) is 0 Å². The fourth-order valence-electron chi connectivity index (χ4n) is 11.0. The highest BCUT2D eigenvalue weighted by atomic mass is 32.2. The Bertz CT molecular complexity index is 3710. The number of nitrogens with two attached hydrogens (primary N) is 4. The number of aliphatic hydroxyl groups is 4. The van der Waals surface area contributed by atoms with Gasteiger partial charge in [0.15, 0.2) is 52.2 Å². The summed E-state index contributed by atoms with van der Waals surface area (Å²) in [4.78, 5) is 88.8. The molecule has 12 rings (SSSR count). The van der Waals surface area contributed by atoms with E-state index in [9.17, 15) is 34.8 Å². The Hall–Kier alpha value is -7.25. The summed E-state index contributed by atoms with van der Waals surface area (Å²) in [5, 5.41) is 53.0. The van der Waals surface area contributed by atoms with Gasteiger partial charge in [-0.2, -0.15) is 33.5 Å². The molecule has 0 aliphatic carbocycles. The number of H-pyrrole nitrogens is 2. The zero-order chi connectivity index (χ0) is 59.7. The van der Waals surface area contributed by atoms with Crippen molar-refractivity contribution in [2.45, 2.75) is 111 Å². The molecule has 0 aromatic carbocycles. The average molecular weight is 1220 g/mol. The number of piperidine rings is 2. The highest BCUT2D eigenvalue weighted by molar-refractivity contribution is 8.00. The number of aromatic nitrogens is 13. The zero-order valence-corrected chi connectivity index (χ0v) is 48.2. The van der Waals surface area contributed by atoms with Gasteiger partial charge in [-0.1, -0.05) is 0 Å². The van der Waals surface area contributed by atoms with E-state index in [0.717, 1.165) is 65.0 Å². The number of aliphatic hydroxyl groups excluding tert-OH is 4. The second-order valence-corrected chi connectivity index (χ2v) is 24.6. The number of thioether (sulfide) groups is 2. The summed E-state index contributed by atoms with van der Waals surface area (Å²) in [5.41, 5.74) is 25.0. The van der Waals surface area contributed by atoms with Crippen LogP contribution in [0.2, 0.25) is 0 Å². The molecule has 0 bridgehead atoms. The summed E-state index contributed by atoms with van der Waals surface area (Å²) in [6, 6.07) is 1.66. The van der Waals surface area contributed by atoms with Crippen molar-refractivity contribution in [3.05, 3.63) is 63.8 Å². The molecule has 32 nitrogen and oxygen atoms in total. The second-order valence-electron chi connectivity index (χ2n) is 21.9. The quantitative estimate of drug-likeness (QED) is 0.0496. The van der Waals surface area contributed by atoms with Crippen molar-refractivity contribution >= 4 is 104 Å². The van der Waals surface area contributed by atoms with Crippen LogP contribution < -0.4 is 50.0 Å². The molecule has 5 aliphatic heterocycles. The number of nitrogens with zero attached hydrogens (tertiary/aromatic N) is 14. The average Bonchev–Trinajstić information content (AvgIpc) is 2.15. The van der Waals surface area contributed by atoms with Crippen LogP contribution in [0.5, 0.6) is 0 Å². The molecule has 2 unspecified atom stereocenters. The van der Waals surface area contributed by atoms with Gasteiger partial charge in [0.25, 0.3) is 17.0 Å². The standard InChI is InChI=1S/C27H37N11O5S.C24H32N12O4S.4H2/c1-27(2)20(33-17-21(36-27)34-26(29)35-23(17)41)24(42)31-7-10-37-8-4-13(5-9-37)44-11-15-18(39)19(40)25(43-15)38-12-32-16-14(28)3-6-30-22(16)38;25-19-15-21(30-10-29-19)36(11-31-15)23-18(38)17(37)14(40-23)9-41-13-1-4-35(5-2-13)6-3-27-7-12-8-28-20-16(32-12)22(39)34-24(26)33-20;;;;/h3,6,12-13,15,18-19,25,39-40H,4-5,7-11H2,1-2H3,(H2,28,30)(H,31,42)(H4,29,34,35,36,41);8,10-11,13-14,17-18,23,27,37-38H,1-7,9H2,(H2,25,29,30)(H3,26,28,33,34,39);4*1H/t15-,18+,19?,25-;14-,17+,18?,23-;;;;/m11..../s1. The highest BCUT2D eigenvalue weighted by Gasteiger charge is 2.46. The number of aromatic amines is 2. The van der Waals surface area contributed by atoms with Crippen LogP contribution >= 0.6 is 23.5 Å². The van der Waals surface area contributed by atoms with Gasteiger partial charge in [-0.25, -0.2) is 39.9 Å². The number of ether oxygens (including phenoxy) is 2. The lowest BCUT2D eigenvalue weighted by Crippen LogP contribution is -2.52. The summed E-state index contributed by atoms with van der Waals surface area (Å²) in [6.45, 7) is 10.5. The van der Waals surface area contributed by atoms with Crippen LogP contribution in [0, 0.1) is 0 Å². The lowest BCUT2D eigenvalue weighted by Gasteiger charge is -2.33. The number of rotatable bonds is 17. The maximum absolute atomic E-state index is 13.0. The van der Waals surface area contributed by atoms with Crippen LogP contribution in [-0.2, 0) is 20.8 Å². The van der Waals surface area contributed by atoms with Crippen LogP contribution in [0.1, 0.15) is 63.4 Å². The SMILES string of the molecule is CC1(C)Nc2nc(N)[nH]c(=O)c2N=C1C(=O)NCCN1CCC(SC[C@H]2O[C@@H](n3cnc4c(N)ccnc43)C(O)[C@H]2O)CC1.Nc1nc2ncc(CNCCN3CCC(SC[C@H]4O[C@@H](n5cnc6c(N)ncnc65)C(O)[C@H]4O)CC3)nc2c(=O)[nH]1.[HH].[HH].[HH].[HH]. The predicted octanol–water partition coefficient (Wildman–Crippen LogP) is -0.803. The summed E-state index contributed by atoms with van der Waals surface area (Å²) in [5.74, 6) is 1.24. The Morgan fingerprint density at radius 1 is 0.729 bits per heavy atom. The summed E-state index contributed by atoms with van der Waals surface area (Å²) >= 11 is 3.51. The highest BCUT2D eigenvalue weighted by Crippen LogP contribution is 2.37. The largest absolute Gasteiger partial charge is 0.397 e. The van der Waals surface area contributed by atoms with E-state index in [1.54, 1.807) is 65.0 Å². The van der Waals surface area contributed by atoms with E-state index in [1.165, 1.54) is 19.0 Å². The Morgan fingerprint density at radius 2 is 1.32 bits per heavy atom. The summed E-state index contributed by atoms with van der Waals surface area (Å²) in [6.07, 6.45) is 4.52. The third kappa shape index (κ3) is 13.0. The van der Waals surface area contributed by atoms with Crippen LogP contribution in [0.15, 0.2) is 52.0 Å². The molecule has 462 valence electrons. The lowest BCUT2D eigenvalue weighted by molar-refractivity contribution is -0.115. The third-order valence-electron chi connectivity index (χ3n) is 15.6. The van der Waals surface area contributed by atoms with E-state index in [-0.39, 0.29) is 57.7 Å². The fraction of sp³-hybridized carbons (Fsp3) is 0.549. The number of nitrogen functional groups attached to an aromatic ring is 4. The first-order valence-electron chi connectivity index (χ1n) is 27.9. The van der Waals surface area contributed by atoms with Gasteiger partial charge in [0.05, 0.1) is 48.0 Å². The number of pyridine rings is 1. The van der Waals surface area contributed by atoms with Crippen LogP contribution in [0.4, 0.5) is 34.9 Å². The van der Waals surface area contributed by atoms with Crippen LogP contribution in [-0.4, -0.2) is 222 Å². The number of nitrogens with one attached hydrogen (secondary N) is 5. The number of fused-ring (bicyclic) bond motifs is 4. The molecular formula is C51H77N23O9S2. The Kier molecular flexibility index (Phi) is 17.8. The molecule has 7 aromatic rings. The van der Waals surface area contributed by atoms with Crippen molar-refractivity contribution in [2.24, 2.45) is 4.99 Å². The number of imidazole rings is 2. The summed E-state index contributed by atoms with van der Waals surface area (Å²) in [7, 11) is 0. The number of amides is 1. The first-order valence-corrected chi connectivity index (χ1v) is 30.0. The zero-order valence-electron chi connectivity index (χ0n) is 46.6. The van der Waals surface area contributed by atoms with Crippen molar-refractivity contribution < 1.29 is 40.4 Å². The van der Waals surface area contributed by atoms with E-state index >= 15 is 0 Å².